The highest BCUT2D eigenvalue weighted by Gasteiger charge is 2.71. The zero-order valence-electron chi connectivity index (χ0n) is 16.7. The molecule has 3 fully saturated rings. The van der Waals surface area contributed by atoms with Crippen LogP contribution in [0.5, 0.6) is 0 Å². The summed E-state index contributed by atoms with van der Waals surface area (Å²) in [6.45, 7) is 10.5. The fourth-order valence-corrected chi connectivity index (χ4v) is 5.36. The lowest BCUT2D eigenvalue weighted by atomic mass is 9.67. The van der Waals surface area contributed by atoms with Crippen molar-refractivity contribution in [2.45, 2.75) is 64.9 Å². The molecule has 1 aliphatic heterocycles. The number of carbonyl (C=O) groups excluding carboxylic acids is 2. The second kappa shape index (κ2) is 7.53. The average molecular weight is 381 g/mol. The SMILES string of the molecule is C=CC[C@@H]1OC(=O)N(C(=O)[C@]23CC[C@H](C[C@H]2OCOCC)C3(C)C)[C@H]1OC. The summed E-state index contributed by atoms with van der Waals surface area (Å²) in [7, 11) is 1.49. The predicted molar refractivity (Wildman–Crippen MR) is 97.6 cm³/mol. The Morgan fingerprint density at radius 3 is 2.78 bits per heavy atom. The fraction of sp³-hybridized carbons (Fsp3) is 0.800. The van der Waals surface area contributed by atoms with Gasteiger partial charge in [0.2, 0.25) is 5.91 Å². The molecule has 0 aromatic rings. The van der Waals surface area contributed by atoms with E-state index >= 15 is 0 Å². The van der Waals surface area contributed by atoms with Gasteiger partial charge in [0.15, 0.2) is 12.3 Å². The number of imide groups is 1. The van der Waals surface area contributed by atoms with Crippen LogP contribution in [0.15, 0.2) is 12.7 Å². The normalized spacial score (nSPS) is 36.9. The van der Waals surface area contributed by atoms with E-state index in [2.05, 4.69) is 20.4 Å². The molecule has 0 N–H and O–H groups in total. The van der Waals surface area contributed by atoms with Gasteiger partial charge >= 0.3 is 6.09 Å². The molecule has 3 rings (SSSR count). The molecular weight excluding hydrogens is 350 g/mol. The van der Waals surface area contributed by atoms with Crippen LogP contribution in [0.3, 0.4) is 0 Å². The average Bonchev–Trinajstić information content (AvgIpc) is 3.17. The minimum absolute atomic E-state index is 0.149. The van der Waals surface area contributed by atoms with Gasteiger partial charge in [-0.3, -0.25) is 4.79 Å². The van der Waals surface area contributed by atoms with Crippen molar-refractivity contribution in [1.29, 1.82) is 0 Å². The molecule has 0 spiro atoms. The second-order valence-electron chi connectivity index (χ2n) is 8.18. The van der Waals surface area contributed by atoms with Crippen LogP contribution >= 0.6 is 0 Å². The number of hydrogen-bond acceptors (Lipinski definition) is 6. The number of methoxy groups -OCH3 is 1. The molecule has 7 nitrogen and oxygen atoms in total. The quantitative estimate of drug-likeness (QED) is 0.365. The van der Waals surface area contributed by atoms with Gasteiger partial charge < -0.3 is 18.9 Å². The van der Waals surface area contributed by atoms with Crippen LogP contribution in [-0.2, 0) is 23.7 Å². The van der Waals surface area contributed by atoms with Crippen molar-refractivity contribution in [3.05, 3.63) is 12.7 Å². The van der Waals surface area contributed by atoms with Crippen molar-refractivity contribution < 1.29 is 28.5 Å². The van der Waals surface area contributed by atoms with E-state index in [-0.39, 0.29) is 24.2 Å². The summed E-state index contributed by atoms with van der Waals surface area (Å²) in [6.07, 6.45) is 2.30. The van der Waals surface area contributed by atoms with Gasteiger partial charge in [0, 0.05) is 20.1 Å². The molecule has 2 saturated carbocycles. The zero-order valence-corrected chi connectivity index (χ0v) is 16.7. The molecule has 0 radical (unpaired) electrons. The van der Waals surface area contributed by atoms with Crippen molar-refractivity contribution in [3.63, 3.8) is 0 Å². The van der Waals surface area contributed by atoms with E-state index < -0.39 is 23.8 Å². The van der Waals surface area contributed by atoms with Crippen molar-refractivity contribution in [3.8, 4) is 0 Å². The molecule has 0 unspecified atom stereocenters. The van der Waals surface area contributed by atoms with Gasteiger partial charge in [0.1, 0.15) is 6.79 Å². The molecule has 5 atom stereocenters. The van der Waals surface area contributed by atoms with E-state index in [0.29, 0.717) is 25.4 Å². The summed E-state index contributed by atoms with van der Waals surface area (Å²) in [4.78, 5) is 27.6. The van der Waals surface area contributed by atoms with Crippen LogP contribution in [0.25, 0.3) is 0 Å². The molecule has 2 amide bonds. The Labute approximate surface area is 161 Å². The third-order valence-corrected chi connectivity index (χ3v) is 6.92. The lowest BCUT2D eigenvalue weighted by molar-refractivity contribution is -0.173. The minimum atomic E-state index is -0.784. The summed E-state index contributed by atoms with van der Waals surface area (Å²) in [5, 5.41) is 0. The van der Waals surface area contributed by atoms with Crippen LogP contribution in [0.2, 0.25) is 0 Å². The number of cyclic esters (lactones) is 1. The lowest BCUT2D eigenvalue weighted by Gasteiger charge is -2.42. The summed E-state index contributed by atoms with van der Waals surface area (Å²) >= 11 is 0. The van der Waals surface area contributed by atoms with Gasteiger partial charge in [-0.15, -0.1) is 6.58 Å². The smallest absolute Gasteiger partial charge is 0.419 e. The van der Waals surface area contributed by atoms with E-state index in [9.17, 15) is 9.59 Å². The molecule has 152 valence electrons. The molecule has 1 saturated heterocycles. The number of amides is 2. The van der Waals surface area contributed by atoms with Crippen LogP contribution < -0.4 is 0 Å². The van der Waals surface area contributed by atoms with Gasteiger partial charge in [0.05, 0.1) is 11.5 Å². The highest BCUT2D eigenvalue weighted by atomic mass is 16.7. The van der Waals surface area contributed by atoms with E-state index in [1.165, 1.54) is 12.0 Å². The number of carbonyl (C=O) groups is 2. The first kappa shape index (κ1) is 20.3. The maximum Gasteiger partial charge on any atom is 0.419 e. The summed E-state index contributed by atoms with van der Waals surface area (Å²) in [6, 6.07) is 0. The first-order valence-corrected chi connectivity index (χ1v) is 9.72. The van der Waals surface area contributed by atoms with Crippen LogP contribution in [-0.4, -0.2) is 55.8 Å². The second-order valence-corrected chi connectivity index (χ2v) is 8.18. The number of hydrogen-bond donors (Lipinski definition) is 0. The Balaban J connectivity index is 1.91. The van der Waals surface area contributed by atoms with Crippen molar-refractivity contribution >= 4 is 12.0 Å². The Kier molecular flexibility index (Phi) is 5.66. The Morgan fingerprint density at radius 2 is 2.19 bits per heavy atom. The third kappa shape index (κ3) is 2.91. The number of fused-ring (bicyclic) bond motifs is 2. The summed E-state index contributed by atoms with van der Waals surface area (Å²) in [5.74, 6) is 0.120. The Morgan fingerprint density at radius 1 is 1.44 bits per heavy atom. The van der Waals surface area contributed by atoms with E-state index in [1.807, 2.05) is 6.92 Å². The van der Waals surface area contributed by atoms with E-state index in [1.54, 1.807) is 6.08 Å². The lowest BCUT2D eigenvalue weighted by Crippen LogP contribution is -2.56. The van der Waals surface area contributed by atoms with Crippen LogP contribution in [0, 0.1) is 16.7 Å². The molecule has 0 aromatic carbocycles. The third-order valence-electron chi connectivity index (χ3n) is 6.92. The van der Waals surface area contributed by atoms with E-state index in [4.69, 9.17) is 18.9 Å². The van der Waals surface area contributed by atoms with Gasteiger partial charge in [-0.1, -0.05) is 19.9 Å². The van der Waals surface area contributed by atoms with Crippen molar-refractivity contribution in [2.24, 2.45) is 16.7 Å². The first-order valence-electron chi connectivity index (χ1n) is 9.72. The number of ether oxygens (including phenoxy) is 4. The Hall–Kier alpha value is -1.44. The molecule has 27 heavy (non-hydrogen) atoms. The topological polar surface area (TPSA) is 74.3 Å². The molecule has 1 heterocycles. The maximum atomic E-state index is 13.8. The molecule has 7 heteroatoms. The largest absolute Gasteiger partial charge is 0.441 e. The van der Waals surface area contributed by atoms with Crippen molar-refractivity contribution in [1.82, 2.24) is 4.90 Å². The van der Waals surface area contributed by atoms with Gasteiger partial charge in [0.25, 0.3) is 0 Å². The standard InChI is InChI=1S/C20H31NO6/c1-6-8-14-16(24-5)21(18(23)27-14)17(22)20-10-9-13(19(20,3)4)11-15(20)26-12-25-7-2/h6,13-16H,1,7-12H2,2-5H3/t13-,14+,15-,16+,20+/m1/s1. The summed E-state index contributed by atoms with van der Waals surface area (Å²) in [5.41, 5.74) is -1.07. The highest BCUT2D eigenvalue weighted by molar-refractivity contribution is 5.98. The highest BCUT2D eigenvalue weighted by Crippen LogP contribution is 2.67. The molecule has 2 bridgehead atoms. The molecule has 2 aliphatic carbocycles. The number of rotatable bonds is 8. The maximum absolute atomic E-state index is 13.8. The minimum Gasteiger partial charge on any atom is -0.441 e. The van der Waals surface area contributed by atoms with Gasteiger partial charge in [-0.2, -0.15) is 0 Å². The predicted octanol–water partition coefficient (Wildman–Crippen LogP) is 3.09. The van der Waals surface area contributed by atoms with Crippen LogP contribution in [0.4, 0.5) is 4.79 Å². The molecular formula is C20H31NO6. The monoisotopic (exact) mass is 381 g/mol. The Bertz CT molecular complexity index is 605. The fourth-order valence-electron chi connectivity index (χ4n) is 5.36. The molecule has 0 aromatic heterocycles. The summed E-state index contributed by atoms with van der Waals surface area (Å²) < 4.78 is 22.3. The molecule has 3 aliphatic rings. The zero-order chi connectivity index (χ0) is 19.8. The van der Waals surface area contributed by atoms with E-state index in [0.717, 1.165) is 12.8 Å². The van der Waals surface area contributed by atoms with Crippen LogP contribution in [0.1, 0.15) is 46.5 Å². The van der Waals surface area contributed by atoms with Crippen molar-refractivity contribution in [2.75, 3.05) is 20.5 Å². The number of nitrogens with zero attached hydrogens (tertiary/aromatic N) is 1. The van der Waals surface area contributed by atoms with Gasteiger partial charge in [-0.05, 0) is 37.5 Å². The van der Waals surface area contributed by atoms with Gasteiger partial charge in [-0.25, -0.2) is 9.69 Å². The first-order chi connectivity index (χ1) is 12.8.